The van der Waals surface area contributed by atoms with Crippen LogP contribution in [0.3, 0.4) is 0 Å². The fourth-order valence-electron chi connectivity index (χ4n) is 4.43. The predicted molar refractivity (Wildman–Crippen MR) is 113 cm³/mol. The average Bonchev–Trinajstić information content (AvgIpc) is 2.70. The van der Waals surface area contributed by atoms with Crippen molar-refractivity contribution in [2.24, 2.45) is 11.8 Å². The molecule has 3 heterocycles. The number of pyridine rings is 1. The molecule has 6 nitrogen and oxygen atoms in total. The Labute approximate surface area is 170 Å². The van der Waals surface area contributed by atoms with Crippen LogP contribution in [0.2, 0.25) is 0 Å². The summed E-state index contributed by atoms with van der Waals surface area (Å²) in [6.45, 7) is 11.5. The van der Waals surface area contributed by atoms with E-state index in [4.69, 9.17) is 0 Å². The van der Waals surface area contributed by atoms with Gasteiger partial charge in [0.25, 0.3) is 0 Å². The molecule has 2 aliphatic rings. The maximum atomic E-state index is 12.8. The summed E-state index contributed by atoms with van der Waals surface area (Å²) < 4.78 is 0. The maximum Gasteiger partial charge on any atom is 0.224 e. The fraction of sp³-hybridized carbons (Fsp3) is 0.727. The minimum Gasteiger partial charge on any atom is -0.356 e. The van der Waals surface area contributed by atoms with E-state index >= 15 is 0 Å². The highest BCUT2D eigenvalue weighted by atomic mass is 16.1. The number of hydrogen-bond acceptors (Lipinski definition) is 5. The molecule has 0 aliphatic carbocycles. The highest BCUT2D eigenvalue weighted by Gasteiger charge is 2.32. The molecule has 1 aromatic rings. The van der Waals surface area contributed by atoms with Crippen molar-refractivity contribution in [3.8, 4) is 0 Å². The molecule has 2 aliphatic heterocycles. The van der Waals surface area contributed by atoms with E-state index in [0.29, 0.717) is 5.92 Å². The van der Waals surface area contributed by atoms with Crippen LogP contribution in [0, 0.1) is 11.8 Å². The minimum absolute atomic E-state index is 0.102. The highest BCUT2D eigenvalue weighted by Crippen LogP contribution is 2.25. The number of likely N-dealkylation sites (N-methyl/N-ethyl adjacent to an activating group) is 1. The Morgan fingerprint density at radius 1 is 1.14 bits per heavy atom. The van der Waals surface area contributed by atoms with Crippen LogP contribution < -0.4 is 5.32 Å². The number of hydrogen-bond donors (Lipinski definition) is 1. The number of carbonyl (C=O) groups excluding carboxylic acids is 1. The molecule has 6 heteroatoms. The first-order valence-corrected chi connectivity index (χ1v) is 10.9. The zero-order valence-electron chi connectivity index (χ0n) is 17.6. The smallest absolute Gasteiger partial charge is 0.224 e. The lowest BCUT2D eigenvalue weighted by Crippen LogP contribution is -2.51. The lowest BCUT2D eigenvalue weighted by atomic mass is 9.87. The van der Waals surface area contributed by atoms with E-state index in [-0.39, 0.29) is 11.8 Å². The maximum absolute atomic E-state index is 12.8. The van der Waals surface area contributed by atoms with Crippen molar-refractivity contribution >= 4 is 5.91 Å². The number of piperidine rings is 1. The second-order valence-electron chi connectivity index (χ2n) is 8.60. The van der Waals surface area contributed by atoms with E-state index in [0.717, 1.165) is 78.2 Å². The van der Waals surface area contributed by atoms with Crippen LogP contribution >= 0.6 is 0 Å². The van der Waals surface area contributed by atoms with Gasteiger partial charge in [-0.3, -0.25) is 14.7 Å². The molecule has 2 fully saturated rings. The van der Waals surface area contributed by atoms with Crippen molar-refractivity contribution in [3.05, 3.63) is 30.1 Å². The van der Waals surface area contributed by atoms with E-state index in [1.807, 2.05) is 12.4 Å². The lowest BCUT2D eigenvalue weighted by molar-refractivity contribution is -0.127. The van der Waals surface area contributed by atoms with Gasteiger partial charge in [-0.15, -0.1) is 0 Å². The summed E-state index contributed by atoms with van der Waals surface area (Å²) in [5.41, 5.74) is 1.28. The number of nitrogens with zero attached hydrogens (tertiary/aromatic N) is 4. The first-order chi connectivity index (χ1) is 13.6. The van der Waals surface area contributed by atoms with Crippen LogP contribution in [0.1, 0.15) is 31.7 Å². The molecule has 28 heavy (non-hydrogen) atoms. The van der Waals surface area contributed by atoms with Crippen molar-refractivity contribution in [1.29, 1.82) is 0 Å². The zero-order valence-corrected chi connectivity index (χ0v) is 17.6. The number of aromatic nitrogens is 1. The van der Waals surface area contributed by atoms with E-state index in [1.54, 1.807) is 0 Å². The number of piperazine rings is 1. The van der Waals surface area contributed by atoms with Gasteiger partial charge >= 0.3 is 0 Å². The molecule has 2 saturated heterocycles. The monoisotopic (exact) mass is 387 g/mol. The number of likely N-dealkylation sites (tertiary alicyclic amines) is 1. The third-order valence-electron chi connectivity index (χ3n) is 6.08. The van der Waals surface area contributed by atoms with Gasteiger partial charge in [0, 0.05) is 71.3 Å². The fourth-order valence-corrected chi connectivity index (χ4v) is 4.43. The van der Waals surface area contributed by atoms with E-state index in [9.17, 15) is 4.79 Å². The van der Waals surface area contributed by atoms with Crippen LogP contribution in [0.5, 0.6) is 0 Å². The van der Waals surface area contributed by atoms with Gasteiger partial charge in [0.1, 0.15) is 0 Å². The molecular formula is C22H37N5O. The number of amides is 1. The third-order valence-corrected chi connectivity index (χ3v) is 6.08. The largest absolute Gasteiger partial charge is 0.356 e. The molecule has 0 saturated carbocycles. The number of rotatable bonds is 8. The molecule has 0 bridgehead atoms. The van der Waals surface area contributed by atoms with Gasteiger partial charge in [-0.2, -0.15) is 0 Å². The standard InChI is InChI=1S/C22H37N5O/c1-3-4-7-24-22(28)21-14-20(16-26-12-10-25(2)11-13-26)17-27(18-21)15-19-5-8-23-9-6-19/h5-6,8-9,20-21H,3-4,7,10-18H2,1-2H3,(H,24,28)/t20-,21-/m1/s1. The van der Waals surface area contributed by atoms with E-state index < -0.39 is 0 Å². The summed E-state index contributed by atoms with van der Waals surface area (Å²) in [6, 6.07) is 4.17. The first-order valence-electron chi connectivity index (χ1n) is 10.9. The summed E-state index contributed by atoms with van der Waals surface area (Å²) in [5.74, 6) is 0.905. The molecule has 156 valence electrons. The Bertz CT molecular complexity index is 588. The second kappa shape index (κ2) is 10.9. The number of nitrogens with one attached hydrogen (secondary N) is 1. The SMILES string of the molecule is CCCCNC(=O)[C@@H]1C[C@H](CN2CCN(C)CC2)CN(Cc2ccncc2)C1. The molecule has 0 aromatic carbocycles. The summed E-state index contributed by atoms with van der Waals surface area (Å²) in [6.07, 6.45) is 6.90. The van der Waals surface area contributed by atoms with Gasteiger partial charge < -0.3 is 15.1 Å². The lowest BCUT2D eigenvalue weighted by Gasteiger charge is -2.41. The van der Waals surface area contributed by atoms with Crippen LogP contribution in [0.15, 0.2) is 24.5 Å². The van der Waals surface area contributed by atoms with E-state index in [2.05, 4.69) is 51.1 Å². The van der Waals surface area contributed by atoms with Gasteiger partial charge in [0.15, 0.2) is 0 Å². The quantitative estimate of drug-likeness (QED) is 0.688. The molecule has 0 radical (unpaired) electrons. The van der Waals surface area contributed by atoms with Crippen LogP contribution in [-0.4, -0.2) is 85.0 Å². The topological polar surface area (TPSA) is 51.7 Å². The molecule has 0 unspecified atom stereocenters. The van der Waals surface area contributed by atoms with E-state index in [1.165, 1.54) is 5.56 Å². The number of carbonyl (C=O) groups is 1. The van der Waals surface area contributed by atoms with Gasteiger partial charge in [-0.05, 0) is 43.5 Å². The summed E-state index contributed by atoms with van der Waals surface area (Å²) >= 11 is 0. The third kappa shape index (κ3) is 6.54. The highest BCUT2D eigenvalue weighted by molar-refractivity contribution is 5.79. The molecule has 1 N–H and O–H groups in total. The van der Waals surface area contributed by atoms with Crippen LogP contribution in [-0.2, 0) is 11.3 Å². The van der Waals surface area contributed by atoms with Crippen molar-refractivity contribution < 1.29 is 4.79 Å². The van der Waals surface area contributed by atoms with Gasteiger partial charge in [-0.25, -0.2) is 0 Å². The Morgan fingerprint density at radius 3 is 2.61 bits per heavy atom. The van der Waals surface area contributed by atoms with Crippen LogP contribution in [0.25, 0.3) is 0 Å². The molecule has 0 spiro atoms. The molecule has 3 rings (SSSR count). The Balaban J connectivity index is 1.60. The summed E-state index contributed by atoms with van der Waals surface area (Å²) in [7, 11) is 2.20. The Morgan fingerprint density at radius 2 is 1.89 bits per heavy atom. The summed E-state index contributed by atoms with van der Waals surface area (Å²) in [5, 5.41) is 3.17. The van der Waals surface area contributed by atoms with Crippen molar-refractivity contribution in [2.75, 3.05) is 59.4 Å². The minimum atomic E-state index is 0.102. The second-order valence-corrected chi connectivity index (χ2v) is 8.60. The zero-order chi connectivity index (χ0) is 19.8. The van der Waals surface area contributed by atoms with Crippen LogP contribution in [0.4, 0.5) is 0 Å². The first kappa shape index (κ1) is 21.2. The molecule has 2 atom stereocenters. The van der Waals surface area contributed by atoms with Gasteiger partial charge in [0.05, 0.1) is 5.92 Å². The normalized spacial score (nSPS) is 24.9. The molecule has 1 aromatic heterocycles. The van der Waals surface area contributed by atoms with Crippen molar-refractivity contribution in [3.63, 3.8) is 0 Å². The van der Waals surface area contributed by atoms with Gasteiger partial charge in [0.2, 0.25) is 5.91 Å². The van der Waals surface area contributed by atoms with Crippen molar-refractivity contribution in [2.45, 2.75) is 32.7 Å². The summed E-state index contributed by atoms with van der Waals surface area (Å²) in [4.78, 5) is 24.4. The number of unbranched alkanes of at least 4 members (excludes halogenated alkanes) is 1. The average molecular weight is 388 g/mol. The Hall–Kier alpha value is -1.50. The van der Waals surface area contributed by atoms with Crippen molar-refractivity contribution in [1.82, 2.24) is 25.0 Å². The predicted octanol–water partition coefficient (Wildman–Crippen LogP) is 1.68. The Kier molecular flexibility index (Phi) is 8.25. The molecule has 1 amide bonds. The van der Waals surface area contributed by atoms with Gasteiger partial charge in [-0.1, -0.05) is 13.3 Å². The molecular weight excluding hydrogens is 350 g/mol.